The van der Waals surface area contributed by atoms with Gasteiger partial charge in [0, 0.05) is 6.61 Å². The second-order valence-corrected chi connectivity index (χ2v) is 3.05. The zero-order valence-corrected chi connectivity index (χ0v) is 9.21. The maximum absolute atomic E-state index is 11.0. The molecule has 0 radical (unpaired) electrons. The monoisotopic (exact) mass is 204 g/mol. The van der Waals surface area contributed by atoms with Gasteiger partial charge >= 0.3 is 5.97 Å². The quantitative estimate of drug-likeness (QED) is 0.611. The molecule has 4 nitrogen and oxygen atoms in total. The van der Waals surface area contributed by atoms with Gasteiger partial charge in [-0.3, -0.25) is 0 Å². The first-order valence-electron chi connectivity index (χ1n) is 5.08. The molecule has 1 N–H and O–H groups in total. The molecule has 0 bridgehead atoms. The highest BCUT2D eigenvalue weighted by Gasteiger charge is 2.35. The molecule has 0 aromatic rings. The van der Waals surface area contributed by atoms with Crippen LogP contribution >= 0.6 is 0 Å². The van der Waals surface area contributed by atoms with Crippen molar-refractivity contribution in [3.63, 3.8) is 0 Å². The Bertz CT molecular complexity index is 164. The fraction of sp³-hybridized carbons (Fsp3) is 0.900. The van der Waals surface area contributed by atoms with Gasteiger partial charge in [-0.1, -0.05) is 13.8 Å². The van der Waals surface area contributed by atoms with E-state index in [4.69, 9.17) is 14.6 Å². The lowest BCUT2D eigenvalue weighted by Crippen LogP contribution is -2.41. The number of ether oxygens (including phenoxy) is 2. The summed E-state index contributed by atoms with van der Waals surface area (Å²) in [5.41, 5.74) is -1.03. The van der Waals surface area contributed by atoms with Crippen LogP contribution in [0.5, 0.6) is 0 Å². The van der Waals surface area contributed by atoms with E-state index in [1.54, 1.807) is 0 Å². The van der Waals surface area contributed by atoms with E-state index in [0.29, 0.717) is 32.7 Å². The van der Waals surface area contributed by atoms with Gasteiger partial charge in [-0.2, -0.15) is 0 Å². The van der Waals surface area contributed by atoms with Crippen LogP contribution in [0.2, 0.25) is 0 Å². The lowest BCUT2D eigenvalue weighted by Gasteiger charge is -2.26. The molecule has 0 amide bonds. The van der Waals surface area contributed by atoms with Crippen LogP contribution in [0.25, 0.3) is 0 Å². The fourth-order valence-corrected chi connectivity index (χ4v) is 1.26. The van der Waals surface area contributed by atoms with E-state index in [1.807, 2.05) is 20.8 Å². The van der Waals surface area contributed by atoms with Crippen molar-refractivity contribution in [2.45, 2.75) is 39.2 Å². The third-order valence-electron chi connectivity index (χ3n) is 2.34. The topological polar surface area (TPSA) is 55.8 Å². The standard InChI is InChI=1S/C10H20O4/c1-4-10(5-2,9(11)12)14-8-7-13-6-3/h4-8H2,1-3H3,(H,11,12). The molecular formula is C10H20O4. The summed E-state index contributed by atoms with van der Waals surface area (Å²) in [7, 11) is 0. The molecule has 0 aliphatic heterocycles. The van der Waals surface area contributed by atoms with Crippen molar-refractivity contribution >= 4 is 5.97 Å². The van der Waals surface area contributed by atoms with Gasteiger partial charge in [0.15, 0.2) is 5.60 Å². The Balaban J connectivity index is 4.02. The van der Waals surface area contributed by atoms with Gasteiger partial charge in [0.1, 0.15) is 0 Å². The van der Waals surface area contributed by atoms with Crippen molar-refractivity contribution in [2.75, 3.05) is 19.8 Å². The normalized spacial score (nSPS) is 11.6. The molecule has 0 unspecified atom stereocenters. The van der Waals surface area contributed by atoms with Crippen molar-refractivity contribution in [3.8, 4) is 0 Å². The Kier molecular flexibility index (Phi) is 6.49. The first kappa shape index (κ1) is 13.4. The van der Waals surface area contributed by atoms with Crippen molar-refractivity contribution in [3.05, 3.63) is 0 Å². The summed E-state index contributed by atoms with van der Waals surface area (Å²) in [6.45, 7) is 6.94. The van der Waals surface area contributed by atoms with E-state index >= 15 is 0 Å². The van der Waals surface area contributed by atoms with Crippen LogP contribution in [-0.2, 0) is 14.3 Å². The van der Waals surface area contributed by atoms with Crippen molar-refractivity contribution in [1.82, 2.24) is 0 Å². The Morgan fingerprint density at radius 1 is 1.21 bits per heavy atom. The summed E-state index contributed by atoms with van der Waals surface area (Å²) in [6, 6.07) is 0. The van der Waals surface area contributed by atoms with Crippen molar-refractivity contribution in [2.24, 2.45) is 0 Å². The zero-order chi connectivity index (χ0) is 11.0. The van der Waals surface area contributed by atoms with Crippen LogP contribution in [0.1, 0.15) is 33.6 Å². The second-order valence-electron chi connectivity index (χ2n) is 3.05. The Hall–Kier alpha value is -0.610. The fourth-order valence-electron chi connectivity index (χ4n) is 1.26. The average molecular weight is 204 g/mol. The van der Waals surface area contributed by atoms with Crippen molar-refractivity contribution in [1.29, 1.82) is 0 Å². The second kappa shape index (κ2) is 6.79. The number of carboxylic acids is 1. The lowest BCUT2D eigenvalue weighted by atomic mass is 9.97. The van der Waals surface area contributed by atoms with Gasteiger partial charge in [0.05, 0.1) is 13.2 Å². The van der Waals surface area contributed by atoms with E-state index in [-0.39, 0.29) is 0 Å². The first-order valence-corrected chi connectivity index (χ1v) is 5.08. The molecule has 0 heterocycles. The molecule has 0 spiro atoms. The molecular weight excluding hydrogens is 184 g/mol. The molecule has 0 saturated carbocycles. The van der Waals surface area contributed by atoms with Gasteiger partial charge in [-0.25, -0.2) is 4.79 Å². The van der Waals surface area contributed by atoms with Gasteiger partial charge < -0.3 is 14.6 Å². The van der Waals surface area contributed by atoms with Crippen LogP contribution in [0.3, 0.4) is 0 Å². The average Bonchev–Trinajstić information content (AvgIpc) is 2.18. The van der Waals surface area contributed by atoms with Gasteiger partial charge in [0.2, 0.25) is 0 Å². The summed E-state index contributed by atoms with van der Waals surface area (Å²) in [6.07, 6.45) is 0.954. The zero-order valence-electron chi connectivity index (χ0n) is 9.21. The Labute approximate surface area is 85.2 Å². The molecule has 0 atom stereocenters. The summed E-state index contributed by atoms with van der Waals surface area (Å²) in [5, 5.41) is 9.01. The number of rotatable bonds is 8. The van der Waals surface area contributed by atoms with Gasteiger partial charge in [-0.15, -0.1) is 0 Å². The molecule has 4 heteroatoms. The highest BCUT2D eigenvalue weighted by atomic mass is 16.6. The maximum Gasteiger partial charge on any atom is 0.335 e. The lowest BCUT2D eigenvalue weighted by molar-refractivity contribution is -0.169. The number of hydrogen-bond acceptors (Lipinski definition) is 3. The molecule has 14 heavy (non-hydrogen) atoms. The third-order valence-corrected chi connectivity index (χ3v) is 2.34. The largest absolute Gasteiger partial charge is 0.479 e. The highest BCUT2D eigenvalue weighted by molar-refractivity contribution is 5.77. The minimum atomic E-state index is -1.03. The smallest absolute Gasteiger partial charge is 0.335 e. The first-order chi connectivity index (χ1) is 6.63. The summed E-state index contributed by atoms with van der Waals surface area (Å²) < 4.78 is 10.4. The molecule has 0 aliphatic carbocycles. The minimum Gasteiger partial charge on any atom is -0.479 e. The molecule has 0 rings (SSSR count). The van der Waals surface area contributed by atoms with E-state index in [0.717, 1.165) is 0 Å². The predicted octanol–water partition coefficient (Wildman–Crippen LogP) is 1.68. The number of hydrogen-bond donors (Lipinski definition) is 1. The number of carbonyl (C=O) groups is 1. The van der Waals surface area contributed by atoms with E-state index in [1.165, 1.54) is 0 Å². The molecule has 0 saturated heterocycles. The third kappa shape index (κ3) is 3.64. The SMILES string of the molecule is CCOCCOC(CC)(CC)C(=O)O. The number of aliphatic carboxylic acids is 1. The Morgan fingerprint density at radius 2 is 1.79 bits per heavy atom. The van der Waals surface area contributed by atoms with Crippen LogP contribution in [-0.4, -0.2) is 36.5 Å². The van der Waals surface area contributed by atoms with E-state index in [2.05, 4.69) is 0 Å². The maximum atomic E-state index is 11.0. The van der Waals surface area contributed by atoms with Crippen LogP contribution in [0, 0.1) is 0 Å². The van der Waals surface area contributed by atoms with Crippen LogP contribution in [0.15, 0.2) is 0 Å². The summed E-state index contributed by atoms with van der Waals surface area (Å²) >= 11 is 0. The van der Waals surface area contributed by atoms with E-state index in [9.17, 15) is 4.79 Å². The predicted molar refractivity (Wildman–Crippen MR) is 53.4 cm³/mol. The van der Waals surface area contributed by atoms with Crippen LogP contribution in [0.4, 0.5) is 0 Å². The van der Waals surface area contributed by atoms with Gasteiger partial charge in [-0.05, 0) is 19.8 Å². The highest BCUT2D eigenvalue weighted by Crippen LogP contribution is 2.20. The summed E-state index contributed by atoms with van der Waals surface area (Å²) in [5.74, 6) is -0.890. The van der Waals surface area contributed by atoms with Gasteiger partial charge in [0.25, 0.3) is 0 Å². The summed E-state index contributed by atoms with van der Waals surface area (Å²) in [4.78, 5) is 11.0. The minimum absolute atomic E-state index is 0.335. The molecule has 0 aromatic heterocycles. The van der Waals surface area contributed by atoms with Crippen LogP contribution < -0.4 is 0 Å². The Morgan fingerprint density at radius 3 is 2.14 bits per heavy atom. The molecule has 84 valence electrons. The molecule has 0 fully saturated rings. The molecule has 0 aliphatic rings. The van der Waals surface area contributed by atoms with E-state index < -0.39 is 11.6 Å². The van der Waals surface area contributed by atoms with Crippen molar-refractivity contribution < 1.29 is 19.4 Å². The number of carboxylic acid groups (broad SMARTS) is 1. The molecule has 0 aromatic carbocycles.